The van der Waals surface area contributed by atoms with Gasteiger partial charge in [0.15, 0.2) is 0 Å². The Morgan fingerprint density at radius 1 is 1.20 bits per heavy atom. The van der Waals surface area contributed by atoms with Crippen molar-refractivity contribution in [2.24, 2.45) is 0 Å². The molecule has 0 saturated heterocycles. The third kappa shape index (κ3) is 3.76. The second kappa shape index (κ2) is 7.58. The van der Waals surface area contributed by atoms with Crippen molar-refractivity contribution in [1.82, 2.24) is 4.98 Å². The van der Waals surface area contributed by atoms with Crippen LogP contribution in [0.3, 0.4) is 0 Å². The standard InChI is InChI=1S/C22H20F3NO3S/c1-11(21(27)28)17-12(2)26-20-19(15-5-3-4-6-16(15)30-20)18(17)13-7-9-14(10-8-13)29-22(23,24)25/h7-11H,3-6H2,1-2H3,(H,27,28). The average molecular weight is 435 g/mol. The summed E-state index contributed by atoms with van der Waals surface area (Å²) in [5.74, 6) is -2.09. The number of alkyl halides is 3. The molecule has 1 N–H and O–H groups in total. The molecule has 0 fully saturated rings. The van der Waals surface area contributed by atoms with Gasteiger partial charge in [-0.15, -0.1) is 24.5 Å². The van der Waals surface area contributed by atoms with E-state index in [4.69, 9.17) is 4.98 Å². The molecule has 30 heavy (non-hydrogen) atoms. The third-order valence-corrected chi connectivity index (χ3v) is 6.70. The van der Waals surface area contributed by atoms with E-state index >= 15 is 0 Å². The molecule has 3 aromatic rings. The first-order chi connectivity index (χ1) is 14.2. The number of carboxylic acid groups (broad SMARTS) is 1. The first kappa shape index (κ1) is 20.7. The summed E-state index contributed by atoms with van der Waals surface area (Å²) in [5, 5.41) is 10.6. The van der Waals surface area contributed by atoms with Crippen LogP contribution < -0.4 is 4.74 Å². The molecule has 2 aromatic heterocycles. The quantitative estimate of drug-likeness (QED) is 0.527. The number of hydrogen-bond acceptors (Lipinski definition) is 4. The molecule has 0 radical (unpaired) electrons. The number of pyridine rings is 1. The predicted octanol–water partition coefficient (Wildman–Crippen LogP) is 6.24. The lowest BCUT2D eigenvalue weighted by molar-refractivity contribution is -0.274. The lowest BCUT2D eigenvalue weighted by Gasteiger charge is -2.19. The second-order valence-electron chi connectivity index (χ2n) is 7.51. The van der Waals surface area contributed by atoms with Crippen LogP contribution in [0, 0.1) is 6.92 Å². The normalized spacial score (nSPS) is 15.1. The summed E-state index contributed by atoms with van der Waals surface area (Å²) in [6, 6.07) is 5.64. The van der Waals surface area contributed by atoms with Crippen molar-refractivity contribution in [3.05, 3.63) is 46.0 Å². The van der Waals surface area contributed by atoms with Crippen molar-refractivity contribution in [3.63, 3.8) is 0 Å². The predicted molar refractivity (Wildman–Crippen MR) is 109 cm³/mol. The van der Waals surface area contributed by atoms with Gasteiger partial charge in [-0.1, -0.05) is 12.1 Å². The molecule has 1 aliphatic carbocycles. The molecule has 1 aliphatic rings. The Balaban J connectivity index is 1.97. The van der Waals surface area contributed by atoms with Crippen molar-refractivity contribution in [2.45, 2.75) is 51.8 Å². The van der Waals surface area contributed by atoms with Crippen LogP contribution in [0.5, 0.6) is 5.75 Å². The molecule has 4 nitrogen and oxygen atoms in total. The zero-order valence-corrected chi connectivity index (χ0v) is 17.3. The van der Waals surface area contributed by atoms with Crippen molar-refractivity contribution in [3.8, 4) is 16.9 Å². The molecule has 0 amide bonds. The minimum atomic E-state index is -4.77. The van der Waals surface area contributed by atoms with E-state index in [-0.39, 0.29) is 5.75 Å². The molecule has 0 saturated carbocycles. The van der Waals surface area contributed by atoms with Crippen LogP contribution in [0.2, 0.25) is 0 Å². The van der Waals surface area contributed by atoms with Crippen molar-refractivity contribution in [1.29, 1.82) is 0 Å². The monoisotopic (exact) mass is 435 g/mol. The number of aliphatic carboxylic acids is 1. The highest BCUT2D eigenvalue weighted by Gasteiger charge is 2.31. The highest BCUT2D eigenvalue weighted by molar-refractivity contribution is 7.19. The van der Waals surface area contributed by atoms with E-state index < -0.39 is 18.2 Å². The van der Waals surface area contributed by atoms with E-state index in [2.05, 4.69) is 4.74 Å². The lowest BCUT2D eigenvalue weighted by Crippen LogP contribution is -2.17. The molecule has 158 valence electrons. The van der Waals surface area contributed by atoms with Crippen LogP contribution in [0.1, 0.15) is 47.4 Å². The van der Waals surface area contributed by atoms with Gasteiger partial charge in [0.25, 0.3) is 0 Å². The number of carboxylic acids is 1. The minimum absolute atomic E-state index is 0.312. The number of thiophene rings is 1. The Hall–Kier alpha value is -2.61. The molecule has 2 heterocycles. The van der Waals surface area contributed by atoms with E-state index in [1.807, 2.05) is 0 Å². The maximum absolute atomic E-state index is 12.5. The van der Waals surface area contributed by atoms with Crippen LogP contribution in [0.4, 0.5) is 13.2 Å². The Bertz CT molecular complexity index is 1120. The zero-order chi connectivity index (χ0) is 21.6. The summed E-state index contributed by atoms with van der Waals surface area (Å²) >= 11 is 1.63. The van der Waals surface area contributed by atoms with E-state index in [0.29, 0.717) is 16.8 Å². The largest absolute Gasteiger partial charge is 0.573 e. The molecule has 1 unspecified atom stereocenters. The van der Waals surface area contributed by atoms with Gasteiger partial charge >= 0.3 is 12.3 Å². The maximum Gasteiger partial charge on any atom is 0.573 e. The van der Waals surface area contributed by atoms with Crippen LogP contribution >= 0.6 is 11.3 Å². The lowest BCUT2D eigenvalue weighted by atomic mass is 9.86. The average Bonchev–Trinajstić information content (AvgIpc) is 3.03. The summed E-state index contributed by atoms with van der Waals surface area (Å²) in [5.41, 5.74) is 3.84. The Labute approximate surface area is 175 Å². The fourth-order valence-corrected chi connectivity index (χ4v) is 5.51. The third-order valence-electron chi connectivity index (χ3n) is 5.51. The van der Waals surface area contributed by atoms with Gasteiger partial charge < -0.3 is 9.84 Å². The minimum Gasteiger partial charge on any atom is -0.481 e. The smallest absolute Gasteiger partial charge is 0.481 e. The second-order valence-corrected chi connectivity index (χ2v) is 8.59. The number of halogens is 3. The molecule has 4 rings (SSSR count). The maximum atomic E-state index is 12.5. The van der Waals surface area contributed by atoms with E-state index in [0.717, 1.165) is 41.5 Å². The van der Waals surface area contributed by atoms with E-state index in [1.165, 1.54) is 22.6 Å². The molecular weight excluding hydrogens is 415 g/mol. The number of carbonyl (C=O) groups is 1. The number of ether oxygens (including phenoxy) is 1. The number of rotatable bonds is 4. The number of aromatic nitrogens is 1. The summed E-state index contributed by atoms with van der Waals surface area (Å²) in [6.07, 6.45) is -0.748. The van der Waals surface area contributed by atoms with Crippen molar-refractivity contribution >= 4 is 27.5 Å². The molecule has 0 aliphatic heterocycles. The van der Waals surface area contributed by atoms with Gasteiger partial charge in [0.2, 0.25) is 0 Å². The van der Waals surface area contributed by atoms with Crippen molar-refractivity contribution < 1.29 is 27.8 Å². The number of nitrogens with zero attached hydrogens (tertiary/aromatic N) is 1. The summed E-state index contributed by atoms with van der Waals surface area (Å²) in [4.78, 5) is 18.7. The molecule has 1 atom stereocenters. The molecule has 0 spiro atoms. The van der Waals surface area contributed by atoms with Gasteiger partial charge in [-0.3, -0.25) is 4.79 Å². The van der Waals surface area contributed by atoms with E-state index in [9.17, 15) is 23.1 Å². The van der Waals surface area contributed by atoms with Gasteiger partial charge in [0.05, 0.1) is 5.92 Å². The Morgan fingerprint density at radius 2 is 1.87 bits per heavy atom. The van der Waals surface area contributed by atoms with Gasteiger partial charge in [0.1, 0.15) is 10.6 Å². The van der Waals surface area contributed by atoms with Crippen LogP contribution in [-0.4, -0.2) is 22.4 Å². The van der Waals surface area contributed by atoms with Crippen LogP contribution in [-0.2, 0) is 17.6 Å². The first-order valence-electron chi connectivity index (χ1n) is 9.69. The summed E-state index contributed by atoms with van der Waals surface area (Å²) < 4.78 is 41.6. The number of benzene rings is 1. The van der Waals surface area contributed by atoms with Gasteiger partial charge in [0, 0.05) is 16.0 Å². The van der Waals surface area contributed by atoms with E-state index in [1.54, 1.807) is 37.3 Å². The van der Waals surface area contributed by atoms with Gasteiger partial charge in [-0.05, 0) is 73.9 Å². The SMILES string of the molecule is Cc1nc2sc3c(c2c(-c2ccc(OC(F)(F)F)cc2)c1C(C)C(=O)O)CCCC3. The summed E-state index contributed by atoms with van der Waals surface area (Å²) in [7, 11) is 0. The molecule has 8 heteroatoms. The fourth-order valence-electron chi connectivity index (χ4n) is 4.19. The van der Waals surface area contributed by atoms with Crippen LogP contribution in [0.15, 0.2) is 24.3 Å². The van der Waals surface area contributed by atoms with Crippen LogP contribution in [0.25, 0.3) is 21.3 Å². The van der Waals surface area contributed by atoms with Gasteiger partial charge in [-0.2, -0.15) is 0 Å². The number of aryl methyl sites for hydroxylation is 3. The first-order valence-corrected chi connectivity index (χ1v) is 10.5. The number of fused-ring (bicyclic) bond motifs is 3. The highest BCUT2D eigenvalue weighted by atomic mass is 32.1. The number of hydrogen-bond donors (Lipinski definition) is 1. The Morgan fingerprint density at radius 3 is 2.50 bits per heavy atom. The topological polar surface area (TPSA) is 59.4 Å². The molecular formula is C22H20F3NO3S. The summed E-state index contributed by atoms with van der Waals surface area (Å²) in [6.45, 7) is 3.40. The fraction of sp³-hybridized carbons (Fsp3) is 0.364. The molecule has 0 bridgehead atoms. The zero-order valence-electron chi connectivity index (χ0n) is 16.5. The Kier molecular flexibility index (Phi) is 5.22. The molecule has 1 aromatic carbocycles. The highest BCUT2D eigenvalue weighted by Crippen LogP contribution is 2.45. The van der Waals surface area contributed by atoms with Crippen molar-refractivity contribution in [2.75, 3.05) is 0 Å². The van der Waals surface area contributed by atoms with Gasteiger partial charge in [-0.25, -0.2) is 4.98 Å².